The van der Waals surface area contributed by atoms with Crippen LogP contribution in [0.15, 0.2) is 42.5 Å². The average molecular weight is 272 g/mol. The molecule has 0 spiro atoms. The summed E-state index contributed by atoms with van der Waals surface area (Å²) in [5.41, 5.74) is 0.911. The van der Waals surface area contributed by atoms with Crippen LogP contribution in [0.2, 0.25) is 0 Å². The number of nitrogens with zero attached hydrogens (tertiary/aromatic N) is 2. The van der Waals surface area contributed by atoms with Crippen molar-refractivity contribution in [2.24, 2.45) is 0 Å². The number of anilines is 1. The van der Waals surface area contributed by atoms with Gasteiger partial charge in [0.25, 0.3) is 0 Å². The van der Waals surface area contributed by atoms with Gasteiger partial charge in [-0.05, 0) is 24.6 Å². The van der Waals surface area contributed by atoms with E-state index in [0.717, 1.165) is 5.56 Å². The molecule has 4 heteroatoms. The Balaban J connectivity index is 2.33. The van der Waals surface area contributed by atoms with E-state index in [4.69, 9.17) is 5.26 Å². The molecule has 0 heterocycles. The quantitative estimate of drug-likeness (QED) is 0.845. The molecule has 0 N–H and O–H groups in total. The second kappa shape index (κ2) is 6.16. The Bertz CT molecular complexity index is 633. The van der Waals surface area contributed by atoms with Crippen LogP contribution < -0.4 is 4.90 Å². The maximum absolute atomic E-state index is 14.0. The molecule has 0 aliphatic heterocycles. The standard InChI is InChI=1S/C16H14F2N2/c1-2-20(11-12-6-4-3-5-7-12)14-9-8-13(10-19)15(17)16(14)18/h3-9H,2,11H2,1H3. The number of benzene rings is 2. The Morgan fingerprint density at radius 2 is 1.75 bits per heavy atom. The van der Waals surface area contributed by atoms with Crippen molar-refractivity contribution in [1.82, 2.24) is 0 Å². The summed E-state index contributed by atoms with van der Waals surface area (Å²) in [5.74, 6) is -2.06. The maximum atomic E-state index is 14.0. The topological polar surface area (TPSA) is 27.0 Å². The first-order valence-electron chi connectivity index (χ1n) is 6.34. The minimum Gasteiger partial charge on any atom is -0.365 e. The molecule has 2 nitrogen and oxygen atoms in total. The zero-order valence-corrected chi connectivity index (χ0v) is 11.1. The van der Waals surface area contributed by atoms with Gasteiger partial charge in [-0.15, -0.1) is 0 Å². The highest BCUT2D eigenvalue weighted by Crippen LogP contribution is 2.25. The summed E-state index contributed by atoms with van der Waals surface area (Å²) < 4.78 is 27.7. The minimum atomic E-state index is -1.09. The van der Waals surface area contributed by atoms with Gasteiger partial charge in [0.05, 0.1) is 11.3 Å². The summed E-state index contributed by atoms with van der Waals surface area (Å²) in [7, 11) is 0. The molecule has 0 saturated heterocycles. The highest BCUT2D eigenvalue weighted by molar-refractivity contribution is 5.52. The number of halogens is 2. The Hall–Kier alpha value is -2.41. The Kier molecular flexibility index (Phi) is 4.31. The first kappa shape index (κ1) is 14.0. The number of hydrogen-bond acceptors (Lipinski definition) is 2. The average Bonchev–Trinajstić information content (AvgIpc) is 2.49. The maximum Gasteiger partial charge on any atom is 0.183 e. The van der Waals surface area contributed by atoms with Crippen molar-refractivity contribution in [1.29, 1.82) is 5.26 Å². The molecule has 0 saturated carbocycles. The lowest BCUT2D eigenvalue weighted by Crippen LogP contribution is -2.23. The third-order valence-electron chi connectivity index (χ3n) is 3.12. The van der Waals surface area contributed by atoms with Crippen molar-refractivity contribution in [2.45, 2.75) is 13.5 Å². The summed E-state index contributed by atoms with van der Waals surface area (Å²) in [4.78, 5) is 1.73. The van der Waals surface area contributed by atoms with Gasteiger partial charge in [0, 0.05) is 13.1 Å². The van der Waals surface area contributed by atoms with Crippen LogP contribution in [0.1, 0.15) is 18.1 Å². The molecule has 0 amide bonds. The second-order valence-corrected chi connectivity index (χ2v) is 4.37. The second-order valence-electron chi connectivity index (χ2n) is 4.37. The Labute approximate surface area is 116 Å². The highest BCUT2D eigenvalue weighted by atomic mass is 19.2. The SMILES string of the molecule is CCN(Cc1ccccc1)c1ccc(C#N)c(F)c1F. The van der Waals surface area contributed by atoms with Crippen LogP contribution >= 0.6 is 0 Å². The van der Waals surface area contributed by atoms with Crippen LogP contribution in [-0.2, 0) is 6.54 Å². The summed E-state index contributed by atoms with van der Waals surface area (Å²) in [6.45, 7) is 2.90. The van der Waals surface area contributed by atoms with Gasteiger partial charge in [-0.25, -0.2) is 8.78 Å². The molecule has 0 unspecified atom stereocenters. The molecule has 2 rings (SSSR count). The lowest BCUT2D eigenvalue weighted by Gasteiger charge is -2.24. The van der Waals surface area contributed by atoms with Crippen LogP contribution in [-0.4, -0.2) is 6.54 Å². The molecule has 0 aromatic heterocycles. The van der Waals surface area contributed by atoms with Gasteiger partial charge in [-0.3, -0.25) is 0 Å². The third-order valence-corrected chi connectivity index (χ3v) is 3.12. The van der Waals surface area contributed by atoms with Gasteiger partial charge in [0.2, 0.25) is 0 Å². The number of hydrogen-bond donors (Lipinski definition) is 0. The number of nitriles is 1. The molecule has 0 atom stereocenters. The van der Waals surface area contributed by atoms with E-state index in [2.05, 4.69) is 0 Å². The molecule has 0 aliphatic carbocycles. The van der Waals surface area contributed by atoms with E-state index >= 15 is 0 Å². The fourth-order valence-electron chi connectivity index (χ4n) is 2.04. The number of rotatable bonds is 4. The van der Waals surface area contributed by atoms with Gasteiger partial charge in [0.1, 0.15) is 6.07 Å². The zero-order valence-electron chi connectivity index (χ0n) is 11.1. The minimum absolute atomic E-state index is 0.174. The smallest absolute Gasteiger partial charge is 0.183 e. The van der Waals surface area contributed by atoms with Crippen molar-refractivity contribution in [2.75, 3.05) is 11.4 Å². The van der Waals surface area contributed by atoms with Crippen molar-refractivity contribution in [3.63, 3.8) is 0 Å². The largest absolute Gasteiger partial charge is 0.365 e. The molecular formula is C16H14F2N2. The Morgan fingerprint density at radius 3 is 2.35 bits per heavy atom. The molecule has 20 heavy (non-hydrogen) atoms. The monoisotopic (exact) mass is 272 g/mol. The lowest BCUT2D eigenvalue weighted by atomic mass is 10.1. The zero-order chi connectivity index (χ0) is 14.5. The third kappa shape index (κ3) is 2.77. The van der Waals surface area contributed by atoms with Crippen LogP contribution in [0.25, 0.3) is 0 Å². The van der Waals surface area contributed by atoms with Gasteiger partial charge in [-0.1, -0.05) is 30.3 Å². The lowest BCUT2D eigenvalue weighted by molar-refractivity contribution is 0.503. The molecule has 2 aromatic carbocycles. The van der Waals surface area contributed by atoms with Crippen molar-refractivity contribution in [3.05, 3.63) is 65.2 Å². The van der Waals surface area contributed by atoms with Crippen LogP contribution in [0, 0.1) is 23.0 Å². The molecule has 0 aliphatic rings. The van der Waals surface area contributed by atoms with Crippen molar-refractivity contribution >= 4 is 5.69 Å². The predicted octanol–water partition coefficient (Wildman–Crippen LogP) is 3.86. The van der Waals surface area contributed by atoms with Crippen molar-refractivity contribution < 1.29 is 8.78 Å². The van der Waals surface area contributed by atoms with E-state index in [9.17, 15) is 8.78 Å². The van der Waals surface area contributed by atoms with E-state index in [1.54, 1.807) is 11.0 Å². The summed E-state index contributed by atoms with van der Waals surface area (Å²) in [6.07, 6.45) is 0. The predicted molar refractivity (Wildman–Crippen MR) is 74.2 cm³/mol. The van der Waals surface area contributed by atoms with E-state index in [0.29, 0.717) is 13.1 Å². The van der Waals surface area contributed by atoms with E-state index in [1.807, 2.05) is 37.3 Å². The van der Waals surface area contributed by atoms with E-state index < -0.39 is 11.6 Å². The van der Waals surface area contributed by atoms with Gasteiger partial charge in [0.15, 0.2) is 11.6 Å². The van der Waals surface area contributed by atoms with E-state index in [-0.39, 0.29) is 11.3 Å². The molecule has 0 radical (unpaired) electrons. The summed E-state index contributed by atoms with van der Waals surface area (Å²) in [5, 5.41) is 8.69. The molecule has 102 valence electrons. The fraction of sp³-hybridized carbons (Fsp3) is 0.188. The van der Waals surface area contributed by atoms with Gasteiger partial charge >= 0.3 is 0 Å². The van der Waals surface area contributed by atoms with Crippen LogP contribution in [0.4, 0.5) is 14.5 Å². The fourth-order valence-corrected chi connectivity index (χ4v) is 2.04. The van der Waals surface area contributed by atoms with Crippen molar-refractivity contribution in [3.8, 4) is 6.07 Å². The molecule has 2 aromatic rings. The van der Waals surface area contributed by atoms with E-state index in [1.165, 1.54) is 12.1 Å². The van der Waals surface area contributed by atoms with Crippen LogP contribution in [0.5, 0.6) is 0 Å². The summed E-state index contributed by atoms with van der Waals surface area (Å²) >= 11 is 0. The first-order chi connectivity index (χ1) is 9.67. The van der Waals surface area contributed by atoms with Gasteiger partial charge in [-0.2, -0.15) is 5.26 Å². The van der Waals surface area contributed by atoms with Gasteiger partial charge < -0.3 is 4.90 Å². The molecule has 0 fully saturated rings. The molecule has 0 bridgehead atoms. The Morgan fingerprint density at radius 1 is 1.05 bits per heavy atom. The normalized spacial score (nSPS) is 10.1. The van der Waals surface area contributed by atoms with Crippen LogP contribution in [0.3, 0.4) is 0 Å². The molecular weight excluding hydrogens is 258 g/mol. The highest BCUT2D eigenvalue weighted by Gasteiger charge is 2.17. The summed E-state index contributed by atoms with van der Waals surface area (Å²) in [6, 6.07) is 14.0. The first-order valence-corrected chi connectivity index (χ1v) is 6.34.